The lowest BCUT2D eigenvalue weighted by molar-refractivity contribution is 0.223. The number of rotatable bonds is 0. The highest BCUT2D eigenvalue weighted by molar-refractivity contribution is 4.86. The maximum absolute atomic E-state index is 8.63. The van der Waals surface area contributed by atoms with Crippen LogP contribution in [0.1, 0.15) is 6.92 Å². The van der Waals surface area contributed by atoms with Crippen LogP contribution in [-0.2, 0) is 0 Å². The number of hydrogen-bond donors (Lipinski definition) is 1. The van der Waals surface area contributed by atoms with Crippen molar-refractivity contribution in [1.29, 1.82) is 0 Å². The number of hydrogen-bond acceptors (Lipinski definition) is 2. The van der Waals surface area contributed by atoms with Crippen LogP contribution in [0.25, 0.3) is 0 Å². The molecule has 3 atom stereocenters. The van der Waals surface area contributed by atoms with Gasteiger partial charge in [-0.05, 0) is 14.0 Å². The Kier molecular flexibility index (Phi) is 0.648. The molecule has 1 aliphatic heterocycles. The summed E-state index contributed by atoms with van der Waals surface area (Å²) in [6.45, 7) is 1.99. The van der Waals surface area contributed by atoms with Crippen molar-refractivity contribution in [3.05, 3.63) is 0 Å². The lowest BCUT2D eigenvalue weighted by Gasteiger charge is -1.76. The van der Waals surface area contributed by atoms with Crippen molar-refractivity contribution in [2.75, 3.05) is 7.05 Å². The molecule has 1 fully saturated rings. The largest absolute Gasteiger partial charge is 0.377 e. The van der Waals surface area contributed by atoms with Gasteiger partial charge in [0.1, 0.15) is 6.23 Å². The number of likely N-dealkylation sites (N-methyl/N-ethyl adjacent to an activating group) is 1. The summed E-state index contributed by atoms with van der Waals surface area (Å²) >= 11 is 0. The molecule has 0 saturated carbocycles. The van der Waals surface area contributed by atoms with E-state index in [4.69, 9.17) is 5.11 Å². The zero-order valence-electron chi connectivity index (χ0n) is 4.05. The minimum Gasteiger partial charge on any atom is -0.377 e. The summed E-state index contributed by atoms with van der Waals surface area (Å²) in [7, 11) is 1.90. The van der Waals surface area contributed by atoms with Gasteiger partial charge in [-0.1, -0.05) is 0 Å². The average Bonchev–Trinajstić information content (AvgIpc) is 1.94. The van der Waals surface area contributed by atoms with E-state index in [1.807, 2.05) is 18.9 Å². The Morgan fingerprint density at radius 3 is 1.83 bits per heavy atom. The Morgan fingerprint density at radius 2 is 1.83 bits per heavy atom. The fourth-order valence-electron chi connectivity index (χ4n) is 0.474. The normalized spacial score (nSPS) is 55.5. The van der Waals surface area contributed by atoms with Gasteiger partial charge in [-0.2, -0.15) is 0 Å². The van der Waals surface area contributed by atoms with E-state index < -0.39 is 0 Å². The minimum atomic E-state index is -0.148. The Morgan fingerprint density at radius 1 is 1.67 bits per heavy atom. The molecule has 1 saturated heterocycles. The van der Waals surface area contributed by atoms with Gasteiger partial charge in [-0.15, -0.1) is 0 Å². The average molecular weight is 87.1 g/mol. The fraction of sp³-hybridized carbons (Fsp3) is 1.00. The van der Waals surface area contributed by atoms with Crippen molar-refractivity contribution >= 4 is 0 Å². The second-order valence-electron chi connectivity index (χ2n) is 1.82. The summed E-state index contributed by atoms with van der Waals surface area (Å²) in [5.41, 5.74) is 0. The fourth-order valence-corrected chi connectivity index (χ4v) is 0.474. The SMILES string of the molecule is C[C@@H]1C(O)N1C. The van der Waals surface area contributed by atoms with Crippen molar-refractivity contribution in [2.24, 2.45) is 0 Å². The van der Waals surface area contributed by atoms with E-state index >= 15 is 0 Å². The van der Waals surface area contributed by atoms with Crippen LogP contribution in [0.4, 0.5) is 0 Å². The predicted octanol–water partition coefficient (Wildman–Crippen LogP) is -0.361. The minimum absolute atomic E-state index is 0.148. The van der Waals surface area contributed by atoms with Gasteiger partial charge >= 0.3 is 0 Å². The molecule has 0 aliphatic carbocycles. The zero-order chi connectivity index (χ0) is 4.73. The van der Waals surface area contributed by atoms with E-state index in [9.17, 15) is 0 Å². The topological polar surface area (TPSA) is 23.2 Å². The van der Waals surface area contributed by atoms with Gasteiger partial charge in [0, 0.05) is 6.04 Å². The Hall–Kier alpha value is -0.0800. The van der Waals surface area contributed by atoms with Gasteiger partial charge in [0.15, 0.2) is 0 Å². The molecule has 0 aromatic carbocycles. The van der Waals surface area contributed by atoms with E-state index in [1.54, 1.807) is 0 Å². The maximum atomic E-state index is 8.63. The smallest absolute Gasteiger partial charge is 0.123 e. The molecule has 0 aromatic heterocycles. The summed E-state index contributed by atoms with van der Waals surface area (Å²) in [5.74, 6) is 0. The molecule has 1 heterocycles. The molecular formula is C4H9NO. The molecule has 0 aromatic rings. The lowest BCUT2D eigenvalue weighted by Crippen LogP contribution is -1.88. The molecular weight excluding hydrogens is 78.0 g/mol. The molecule has 0 spiro atoms. The Bertz CT molecular complexity index is 44.3. The van der Waals surface area contributed by atoms with Crippen molar-refractivity contribution in [3.63, 3.8) is 0 Å². The van der Waals surface area contributed by atoms with Gasteiger partial charge in [0.25, 0.3) is 0 Å². The molecule has 6 heavy (non-hydrogen) atoms. The van der Waals surface area contributed by atoms with Crippen LogP contribution in [0.5, 0.6) is 0 Å². The van der Waals surface area contributed by atoms with Crippen LogP contribution in [0.2, 0.25) is 0 Å². The molecule has 1 aliphatic rings. The van der Waals surface area contributed by atoms with Gasteiger partial charge in [-0.25, -0.2) is 0 Å². The molecule has 2 nitrogen and oxygen atoms in total. The summed E-state index contributed by atoms with van der Waals surface area (Å²) in [5, 5.41) is 8.63. The summed E-state index contributed by atoms with van der Waals surface area (Å²) in [6, 6.07) is 0.407. The van der Waals surface area contributed by atoms with Gasteiger partial charge in [0.05, 0.1) is 0 Å². The van der Waals surface area contributed by atoms with Crippen LogP contribution >= 0.6 is 0 Å². The monoisotopic (exact) mass is 87.1 g/mol. The summed E-state index contributed by atoms with van der Waals surface area (Å²) in [4.78, 5) is 1.89. The van der Waals surface area contributed by atoms with Crippen LogP contribution in [0.3, 0.4) is 0 Å². The van der Waals surface area contributed by atoms with E-state index in [0.29, 0.717) is 6.04 Å². The van der Waals surface area contributed by atoms with Crippen LogP contribution in [-0.4, -0.2) is 29.3 Å². The van der Waals surface area contributed by atoms with E-state index in [2.05, 4.69) is 0 Å². The zero-order valence-corrected chi connectivity index (χ0v) is 4.05. The highest BCUT2D eigenvalue weighted by atomic mass is 16.3. The highest BCUT2D eigenvalue weighted by Gasteiger charge is 2.37. The quantitative estimate of drug-likeness (QED) is 0.408. The van der Waals surface area contributed by atoms with E-state index in [0.717, 1.165) is 0 Å². The summed E-state index contributed by atoms with van der Waals surface area (Å²) < 4.78 is 0. The Labute approximate surface area is 37.4 Å². The van der Waals surface area contributed by atoms with Crippen LogP contribution < -0.4 is 0 Å². The highest BCUT2D eigenvalue weighted by Crippen LogP contribution is 2.20. The van der Waals surface area contributed by atoms with Gasteiger partial charge in [0.2, 0.25) is 0 Å². The van der Waals surface area contributed by atoms with Crippen molar-refractivity contribution in [1.82, 2.24) is 4.90 Å². The van der Waals surface area contributed by atoms with Gasteiger partial charge in [-0.3, -0.25) is 4.90 Å². The first-order chi connectivity index (χ1) is 2.73. The number of aliphatic hydroxyl groups excluding tert-OH is 1. The third-order valence-electron chi connectivity index (χ3n) is 1.40. The van der Waals surface area contributed by atoms with Crippen LogP contribution in [0.15, 0.2) is 0 Å². The first-order valence-corrected chi connectivity index (χ1v) is 2.13. The molecule has 1 rings (SSSR count). The molecule has 1 N–H and O–H groups in total. The third-order valence-corrected chi connectivity index (χ3v) is 1.40. The lowest BCUT2D eigenvalue weighted by atomic mass is 10.5. The molecule has 36 valence electrons. The van der Waals surface area contributed by atoms with E-state index in [-0.39, 0.29) is 6.23 Å². The number of nitrogens with zero attached hydrogens (tertiary/aromatic N) is 1. The molecule has 0 bridgehead atoms. The van der Waals surface area contributed by atoms with Crippen molar-refractivity contribution in [2.45, 2.75) is 19.2 Å². The molecule has 0 amide bonds. The van der Waals surface area contributed by atoms with E-state index in [1.165, 1.54) is 0 Å². The number of aliphatic hydroxyl groups is 1. The second kappa shape index (κ2) is 0.950. The summed E-state index contributed by atoms with van der Waals surface area (Å²) in [6.07, 6.45) is -0.148. The molecule has 2 heteroatoms. The first-order valence-electron chi connectivity index (χ1n) is 2.13. The first kappa shape index (κ1) is 4.09. The van der Waals surface area contributed by atoms with Gasteiger partial charge < -0.3 is 5.11 Å². The van der Waals surface area contributed by atoms with Crippen LogP contribution in [0, 0.1) is 0 Å². The third kappa shape index (κ3) is 0.340. The van der Waals surface area contributed by atoms with Crippen molar-refractivity contribution in [3.8, 4) is 0 Å². The molecule has 2 unspecified atom stereocenters. The standard InChI is InChI=1S/C4H9NO/c1-3-4(6)5(3)2/h3-4,6H,1-2H3/t3-,4?,5?/m1/s1. The van der Waals surface area contributed by atoms with Crippen molar-refractivity contribution < 1.29 is 5.11 Å². The Balaban J connectivity index is 2.31. The second-order valence-corrected chi connectivity index (χ2v) is 1.82. The maximum Gasteiger partial charge on any atom is 0.123 e. The predicted molar refractivity (Wildman–Crippen MR) is 23.2 cm³/mol. The molecule has 0 radical (unpaired) electrons.